The van der Waals surface area contributed by atoms with Gasteiger partial charge in [0.15, 0.2) is 26.2 Å². The summed E-state index contributed by atoms with van der Waals surface area (Å²) in [5.74, 6) is 5.98. The van der Waals surface area contributed by atoms with Gasteiger partial charge < -0.3 is 4.57 Å². The smallest absolute Gasteiger partial charge is 0.312 e. The molecule has 14 heteroatoms. The standard InChI is InChI=1S/C17H17F3N8O2S/c1-4-31(29,30)16-12(14-22-6-5-11(27(3)21)28(14)25-16)15-24-10-7-9(17(18,19)20)8-23-13(10)26(15)2/h5-8H,4,21H2,1-3H3. The van der Waals surface area contributed by atoms with Crippen molar-refractivity contribution in [2.75, 3.05) is 17.8 Å². The molecule has 0 saturated carbocycles. The Balaban J connectivity index is 2.10. The fourth-order valence-electron chi connectivity index (χ4n) is 3.19. The number of aryl methyl sites for hydroxylation is 1. The van der Waals surface area contributed by atoms with Crippen molar-refractivity contribution < 1.29 is 21.6 Å². The molecule has 2 N–H and O–H groups in total. The van der Waals surface area contributed by atoms with Crippen LogP contribution in [0.1, 0.15) is 12.5 Å². The summed E-state index contributed by atoms with van der Waals surface area (Å²) in [5.41, 5.74) is -0.667. The van der Waals surface area contributed by atoms with E-state index in [4.69, 9.17) is 5.84 Å². The molecule has 4 aromatic rings. The fraction of sp³-hybridized carbons (Fsp3) is 0.294. The third kappa shape index (κ3) is 3.27. The number of halogens is 3. The van der Waals surface area contributed by atoms with Gasteiger partial charge in [-0.05, 0) is 6.07 Å². The van der Waals surface area contributed by atoms with E-state index in [0.717, 1.165) is 6.07 Å². The van der Waals surface area contributed by atoms with Crippen LogP contribution in [0, 0.1) is 0 Å². The highest BCUT2D eigenvalue weighted by molar-refractivity contribution is 7.91. The molecule has 4 aromatic heterocycles. The second-order valence-electron chi connectivity index (χ2n) is 6.79. The van der Waals surface area contributed by atoms with Gasteiger partial charge in [-0.1, -0.05) is 6.92 Å². The van der Waals surface area contributed by atoms with Gasteiger partial charge in [0.2, 0.25) is 0 Å². The zero-order valence-corrected chi connectivity index (χ0v) is 17.4. The van der Waals surface area contributed by atoms with E-state index in [2.05, 4.69) is 20.1 Å². The average Bonchev–Trinajstić information content (AvgIpc) is 3.25. The van der Waals surface area contributed by atoms with Crippen molar-refractivity contribution in [1.29, 1.82) is 0 Å². The van der Waals surface area contributed by atoms with E-state index in [1.54, 1.807) is 7.05 Å². The molecule has 4 rings (SSSR count). The topological polar surface area (TPSA) is 124 Å². The van der Waals surface area contributed by atoms with Gasteiger partial charge in [-0.25, -0.2) is 29.2 Å². The summed E-state index contributed by atoms with van der Waals surface area (Å²) < 4.78 is 67.6. The maximum Gasteiger partial charge on any atom is 0.417 e. The molecule has 0 saturated heterocycles. The Kier molecular flexibility index (Phi) is 4.66. The lowest BCUT2D eigenvalue weighted by Gasteiger charge is -2.12. The van der Waals surface area contributed by atoms with Gasteiger partial charge in [0, 0.05) is 32.6 Å². The van der Waals surface area contributed by atoms with Crippen molar-refractivity contribution >= 4 is 32.5 Å². The lowest BCUT2D eigenvalue weighted by atomic mass is 10.2. The number of pyridine rings is 1. The molecule has 0 bridgehead atoms. The number of rotatable bonds is 4. The number of hydrogen-bond donors (Lipinski definition) is 1. The van der Waals surface area contributed by atoms with Crippen molar-refractivity contribution in [3.05, 3.63) is 30.1 Å². The monoisotopic (exact) mass is 454 g/mol. The first kappa shape index (κ1) is 21.0. The van der Waals surface area contributed by atoms with Crippen LogP contribution in [-0.2, 0) is 23.1 Å². The van der Waals surface area contributed by atoms with E-state index < -0.39 is 21.6 Å². The van der Waals surface area contributed by atoms with Crippen LogP contribution in [-0.4, -0.2) is 50.4 Å². The summed E-state index contributed by atoms with van der Waals surface area (Å²) >= 11 is 0. The first-order chi connectivity index (χ1) is 14.5. The Morgan fingerprint density at radius 1 is 1.23 bits per heavy atom. The molecular weight excluding hydrogens is 437 g/mol. The number of alkyl halides is 3. The van der Waals surface area contributed by atoms with Gasteiger partial charge in [-0.2, -0.15) is 22.8 Å². The van der Waals surface area contributed by atoms with E-state index in [1.165, 1.54) is 40.3 Å². The minimum atomic E-state index is -4.60. The van der Waals surface area contributed by atoms with Crippen molar-refractivity contribution in [2.24, 2.45) is 12.9 Å². The number of aromatic nitrogens is 6. The molecule has 0 aliphatic rings. The van der Waals surface area contributed by atoms with Crippen LogP contribution in [0.4, 0.5) is 19.0 Å². The third-order valence-electron chi connectivity index (χ3n) is 4.76. The van der Waals surface area contributed by atoms with E-state index in [1.807, 2.05) is 0 Å². The first-order valence-electron chi connectivity index (χ1n) is 8.94. The zero-order chi connectivity index (χ0) is 22.7. The summed E-state index contributed by atoms with van der Waals surface area (Å²) in [6, 6.07) is 2.40. The van der Waals surface area contributed by atoms with E-state index in [9.17, 15) is 21.6 Å². The molecule has 31 heavy (non-hydrogen) atoms. The number of nitrogens with two attached hydrogens (primary N) is 1. The van der Waals surface area contributed by atoms with Gasteiger partial charge in [0.25, 0.3) is 0 Å². The maximum atomic E-state index is 13.1. The van der Waals surface area contributed by atoms with Crippen molar-refractivity contribution in [2.45, 2.75) is 18.1 Å². The van der Waals surface area contributed by atoms with Gasteiger partial charge in [-0.3, -0.25) is 5.01 Å². The Morgan fingerprint density at radius 3 is 2.55 bits per heavy atom. The number of sulfone groups is 1. The SMILES string of the molecule is CCS(=O)(=O)c1nn2c(N(C)N)ccnc2c1-c1nc2cc(C(F)(F)F)cnc2n1C. The fourth-order valence-corrected chi connectivity index (χ4v) is 4.16. The molecule has 4 heterocycles. The molecule has 0 radical (unpaired) electrons. The molecule has 0 fully saturated rings. The highest BCUT2D eigenvalue weighted by Crippen LogP contribution is 2.35. The zero-order valence-electron chi connectivity index (χ0n) is 16.6. The molecule has 0 unspecified atom stereocenters. The van der Waals surface area contributed by atoms with Crippen LogP contribution >= 0.6 is 0 Å². The summed E-state index contributed by atoms with van der Waals surface area (Å²) in [5, 5.41) is 5.15. The molecule has 0 amide bonds. The lowest BCUT2D eigenvalue weighted by Crippen LogP contribution is -2.27. The van der Waals surface area contributed by atoms with Crippen LogP contribution in [0.2, 0.25) is 0 Å². The van der Waals surface area contributed by atoms with Gasteiger partial charge in [0.05, 0.1) is 11.3 Å². The minimum Gasteiger partial charge on any atom is -0.312 e. The second-order valence-corrected chi connectivity index (χ2v) is 8.99. The van der Waals surface area contributed by atoms with E-state index in [0.29, 0.717) is 12.0 Å². The number of hydrogen-bond acceptors (Lipinski definition) is 8. The molecule has 0 aliphatic carbocycles. The Bertz CT molecular complexity index is 1420. The number of imidazole rings is 1. The number of nitrogens with zero attached hydrogens (tertiary/aromatic N) is 7. The number of anilines is 1. The second kappa shape index (κ2) is 6.88. The Labute approximate surface area is 174 Å². The van der Waals surface area contributed by atoms with E-state index in [-0.39, 0.29) is 39.0 Å². The van der Waals surface area contributed by atoms with Crippen molar-refractivity contribution in [1.82, 2.24) is 29.1 Å². The molecule has 164 valence electrons. The van der Waals surface area contributed by atoms with Crippen LogP contribution in [0.5, 0.6) is 0 Å². The Morgan fingerprint density at radius 2 is 1.94 bits per heavy atom. The predicted molar refractivity (Wildman–Crippen MR) is 106 cm³/mol. The predicted octanol–water partition coefficient (Wildman–Crippen LogP) is 1.80. The van der Waals surface area contributed by atoms with Crippen LogP contribution in [0.25, 0.3) is 28.2 Å². The quantitative estimate of drug-likeness (QED) is 0.366. The average molecular weight is 454 g/mol. The van der Waals surface area contributed by atoms with Crippen molar-refractivity contribution in [3.8, 4) is 11.4 Å². The summed E-state index contributed by atoms with van der Waals surface area (Å²) in [4.78, 5) is 12.4. The van der Waals surface area contributed by atoms with Crippen LogP contribution in [0.15, 0.2) is 29.6 Å². The van der Waals surface area contributed by atoms with Crippen molar-refractivity contribution in [3.63, 3.8) is 0 Å². The van der Waals surface area contributed by atoms with Gasteiger partial charge in [0.1, 0.15) is 22.7 Å². The highest BCUT2D eigenvalue weighted by Gasteiger charge is 2.33. The summed E-state index contributed by atoms with van der Waals surface area (Å²) in [6.07, 6.45) is -2.47. The highest BCUT2D eigenvalue weighted by atomic mass is 32.2. The van der Waals surface area contributed by atoms with Crippen LogP contribution in [0.3, 0.4) is 0 Å². The number of fused-ring (bicyclic) bond motifs is 2. The van der Waals surface area contributed by atoms with Crippen LogP contribution < -0.4 is 10.9 Å². The van der Waals surface area contributed by atoms with Gasteiger partial charge in [-0.15, -0.1) is 0 Å². The van der Waals surface area contributed by atoms with Gasteiger partial charge >= 0.3 is 6.18 Å². The normalized spacial score (nSPS) is 12.7. The summed E-state index contributed by atoms with van der Waals surface area (Å²) in [7, 11) is -0.785. The lowest BCUT2D eigenvalue weighted by molar-refractivity contribution is -0.137. The minimum absolute atomic E-state index is 0.0429. The molecule has 0 aromatic carbocycles. The molecule has 10 nitrogen and oxygen atoms in total. The molecule has 0 aliphatic heterocycles. The van der Waals surface area contributed by atoms with E-state index >= 15 is 0 Å². The molecular formula is C17H17F3N8O2S. The number of hydrazine groups is 1. The molecule has 0 atom stereocenters. The third-order valence-corrected chi connectivity index (χ3v) is 6.40. The largest absolute Gasteiger partial charge is 0.417 e. The maximum absolute atomic E-state index is 13.1. The summed E-state index contributed by atoms with van der Waals surface area (Å²) in [6.45, 7) is 1.46. The molecule has 0 spiro atoms. The Hall–Kier alpha value is -3.26. The first-order valence-corrected chi connectivity index (χ1v) is 10.6.